The highest BCUT2D eigenvalue weighted by Crippen LogP contribution is 2.21. The molecule has 1 aliphatic heterocycles. The Kier molecular flexibility index (Phi) is 4.77. The monoisotopic (exact) mass is 212 g/mol. The Labute approximate surface area is 93.5 Å². The molecule has 0 bridgehead atoms. The molecule has 1 unspecified atom stereocenters. The predicted octanol–water partition coefficient (Wildman–Crippen LogP) is 1.26. The zero-order valence-electron chi connectivity index (χ0n) is 10.3. The number of likely N-dealkylation sites (N-methyl/N-ethyl adjacent to an activating group) is 1. The molecule has 0 saturated carbocycles. The summed E-state index contributed by atoms with van der Waals surface area (Å²) in [6.07, 6.45) is 2.01. The van der Waals surface area contributed by atoms with Gasteiger partial charge in [0.2, 0.25) is 0 Å². The van der Waals surface area contributed by atoms with Gasteiger partial charge in [0.05, 0.1) is 13.2 Å². The highest BCUT2D eigenvalue weighted by molar-refractivity contribution is 5.03. The van der Waals surface area contributed by atoms with Gasteiger partial charge in [0.25, 0.3) is 0 Å². The van der Waals surface area contributed by atoms with Crippen molar-refractivity contribution in [3.63, 3.8) is 0 Å². The van der Waals surface area contributed by atoms with Gasteiger partial charge in [-0.15, -0.1) is 6.58 Å². The molecular formula is C12H24N2O. The van der Waals surface area contributed by atoms with Crippen LogP contribution in [-0.4, -0.2) is 49.3 Å². The SMILES string of the molecule is C=CC(NCC)C(C)(C)N1CCOCC1. The van der Waals surface area contributed by atoms with Crippen molar-refractivity contribution >= 4 is 0 Å². The summed E-state index contributed by atoms with van der Waals surface area (Å²) in [4.78, 5) is 2.48. The molecule has 0 aromatic heterocycles. The Morgan fingerprint density at radius 1 is 1.47 bits per heavy atom. The molecule has 0 aliphatic carbocycles. The summed E-state index contributed by atoms with van der Waals surface area (Å²) in [6, 6.07) is 0.334. The standard InChI is InChI=1S/C12H24N2O/c1-5-11(13-6-2)12(3,4)14-7-9-15-10-8-14/h5,11,13H,1,6-10H2,2-4H3. The smallest absolute Gasteiger partial charge is 0.0594 e. The molecule has 1 rings (SSSR count). The van der Waals surface area contributed by atoms with E-state index in [0.29, 0.717) is 6.04 Å². The summed E-state index contributed by atoms with van der Waals surface area (Å²) in [7, 11) is 0. The summed E-state index contributed by atoms with van der Waals surface area (Å²) in [5, 5.41) is 3.47. The first kappa shape index (κ1) is 12.7. The van der Waals surface area contributed by atoms with Crippen LogP contribution in [0.4, 0.5) is 0 Å². The molecule has 0 aromatic rings. The Hall–Kier alpha value is -0.380. The van der Waals surface area contributed by atoms with Crippen molar-refractivity contribution in [3.05, 3.63) is 12.7 Å². The minimum atomic E-state index is 0.113. The summed E-state index contributed by atoms with van der Waals surface area (Å²) < 4.78 is 5.38. The molecule has 88 valence electrons. The first-order valence-electron chi connectivity index (χ1n) is 5.81. The topological polar surface area (TPSA) is 24.5 Å². The van der Waals surface area contributed by atoms with Gasteiger partial charge in [-0.25, -0.2) is 0 Å². The molecule has 1 fully saturated rings. The van der Waals surface area contributed by atoms with Crippen LogP contribution in [-0.2, 0) is 4.74 Å². The lowest BCUT2D eigenvalue weighted by Crippen LogP contribution is -2.59. The molecule has 3 nitrogen and oxygen atoms in total. The molecule has 0 spiro atoms. The second-order valence-corrected chi connectivity index (χ2v) is 4.52. The maximum atomic E-state index is 5.38. The number of nitrogens with zero attached hydrogens (tertiary/aromatic N) is 1. The van der Waals surface area contributed by atoms with Crippen LogP contribution in [0.5, 0.6) is 0 Å². The molecule has 1 saturated heterocycles. The molecule has 0 aromatic carbocycles. The molecular weight excluding hydrogens is 188 g/mol. The molecule has 15 heavy (non-hydrogen) atoms. The predicted molar refractivity (Wildman–Crippen MR) is 64.1 cm³/mol. The van der Waals surface area contributed by atoms with E-state index in [2.05, 4.69) is 37.6 Å². The van der Waals surface area contributed by atoms with E-state index < -0.39 is 0 Å². The second-order valence-electron chi connectivity index (χ2n) is 4.52. The lowest BCUT2D eigenvalue weighted by Gasteiger charge is -2.45. The Bertz CT molecular complexity index is 198. The Morgan fingerprint density at radius 2 is 2.07 bits per heavy atom. The van der Waals surface area contributed by atoms with Crippen LogP contribution in [0, 0.1) is 0 Å². The highest BCUT2D eigenvalue weighted by atomic mass is 16.5. The summed E-state index contributed by atoms with van der Waals surface area (Å²) in [6.45, 7) is 15.3. The second kappa shape index (κ2) is 5.64. The maximum Gasteiger partial charge on any atom is 0.0594 e. The number of ether oxygens (including phenoxy) is 1. The first-order valence-corrected chi connectivity index (χ1v) is 5.81. The van der Waals surface area contributed by atoms with Gasteiger partial charge in [0.15, 0.2) is 0 Å². The molecule has 1 atom stereocenters. The van der Waals surface area contributed by atoms with E-state index in [1.54, 1.807) is 0 Å². The average molecular weight is 212 g/mol. The van der Waals surface area contributed by atoms with Gasteiger partial charge < -0.3 is 10.1 Å². The van der Waals surface area contributed by atoms with Gasteiger partial charge >= 0.3 is 0 Å². The largest absolute Gasteiger partial charge is 0.379 e. The molecule has 3 heteroatoms. The van der Waals surface area contributed by atoms with Crippen molar-refractivity contribution in [2.45, 2.75) is 32.4 Å². The fourth-order valence-electron chi connectivity index (χ4n) is 2.18. The number of rotatable bonds is 5. The van der Waals surface area contributed by atoms with Crippen LogP contribution in [0.25, 0.3) is 0 Å². The average Bonchev–Trinajstić information content (AvgIpc) is 2.27. The van der Waals surface area contributed by atoms with Gasteiger partial charge in [-0.3, -0.25) is 4.90 Å². The van der Waals surface area contributed by atoms with Gasteiger partial charge in [0.1, 0.15) is 0 Å². The number of hydrogen-bond acceptors (Lipinski definition) is 3. The van der Waals surface area contributed by atoms with Crippen molar-refractivity contribution in [3.8, 4) is 0 Å². The van der Waals surface area contributed by atoms with Crippen LogP contribution in [0.2, 0.25) is 0 Å². The minimum Gasteiger partial charge on any atom is -0.379 e. The fraction of sp³-hybridized carbons (Fsp3) is 0.833. The third-order valence-corrected chi connectivity index (χ3v) is 3.25. The molecule has 0 amide bonds. The fourth-order valence-corrected chi connectivity index (χ4v) is 2.18. The van der Waals surface area contributed by atoms with Gasteiger partial charge in [-0.2, -0.15) is 0 Å². The van der Waals surface area contributed by atoms with Crippen LogP contribution < -0.4 is 5.32 Å². The van der Waals surface area contributed by atoms with E-state index >= 15 is 0 Å². The lowest BCUT2D eigenvalue weighted by molar-refractivity contribution is -0.0174. The molecule has 1 aliphatic rings. The minimum absolute atomic E-state index is 0.113. The van der Waals surface area contributed by atoms with Crippen molar-refractivity contribution in [1.82, 2.24) is 10.2 Å². The van der Waals surface area contributed by atoms with Gasteiger partial charge in [-0.05, 0) is 20.4 Å². The van der Waals surface area contributed by atoms with Gasteiger partial charge in [-0.1, -0.05) is 13.0 Å². The van der Waals surface area contributed by atoms with Crippen LogP contribution in [0.3, 0.4) is 0 Å². The van der Waals surface area contributed by atoms with Crippen molar-refractivity contribution < 1.29 is 4.74 Å². The zero-order valence-corrected chi connectivity index (χ0v) is 10.3. The third kappa shape index (κ3) is 3.03. The van der Waals surface area contributed by atoms with Crippen LogP contribution in [0.15, 0.2) is 12.7 Å². The van der Waals surface area contributed by atoms with E-state index in [0.717, 1.165) is 32.8 Å². The maximum absolute atomic E-state index is 5.38. The number of morpholine rings is 1. The van der Waals surface area contributed by atoms with E-state index in [4.69, 9.17) is 4.74 Å². The quantitative estimate of drug-likeness (QED) is 0.694. The van der Waals surface area contributed by atoms with Crippen molar-refractivity contribution in [2.24, 2.45) is 0 Å². The van der Waals surface area contributed by atoms with E-state index in [1.165, 1.54) is 0 Å². The Balaban J connectivity index is 2.64. The first-order chi connectivity index (χ1) is 7.12. The number of hydrogen-bond donors (Lipinski definition) is 1. The van der Waals surface area contributed by atoms with Gasteiger partial charge in [0, 0.05) is 24.7 Å². The van der Waals surface area contributed by atoms with Crippen LogP contribution in [0.1, 0.15) is 20.8 Å². The summed E-state index contributed by atoms with van der Waals surface area (Å²) in [5.74, 6) is 0. The van der Waals surface area contributed by atoms with Crippen molar-refractivity contribution in [2.75, 3.05) is 32.8 Å². The van der Waals surface area contributed by atoms with E-state index in [9.17, 15) is 0 Å². The van der Waals surface area contributed by atoms with Crippen LogP contribution >= 0.6 is 0 Å². The van der Waals surface area contributed by atoms with E-state index in [1.807, 2.05) is 6.08 Å². The zero-order chi connectivity index (χ0) is 11.3. The number of nitrogens with one attached hydrogen (secondary N) is 1. The normalized spacial score (nSPS) is 21.3. The summed E-state index contributed by atoms with van der Waals surface area (Å²) >= 11 is 0. The van der Waals surface area contributed by atoms with Crippen molar-refractivity contribution in [1.29, 1.82) is 0 Å². The third-order valence-electron chi connectivity index (χ3n) is 3.25. The molecule has 1 N–H and O–H groups in total. The molecule has 0 radical (unpaired) electrons. The molecule has 1 heterocycles. The lowest BCUT2D eigenvalue weighted by atomic mass is 9.91. The Morgan fingerprint density at radius 3 is 2.53 bits per heavy atom. The van der Waals surface area contributed by atoms with E-state index in [-0.39, 0.29) is 5.54 Å². The highest BCUT2D eigenvalue weighted by Gasteiger charge is 2.33. The summed E-state index contributed by atoms with van der Waals surface area (Å²) in [5.41, 5.74) is 0.113.